The zero-order valence-electron chi connectivity index (χ0n) is 45.1. The molecule has 0 aliphatic heterocycles. The lowest BCUT2D eigenvalue weighted by atomic mass is 9.96. The van der Waals surface area contributed by atoms with E-state index in [0.29, 0.717) is 23.0 Å². The van der Waals surface area contributed by atoms with E-state index in [1.807, 2.05) is 60.7 Å². The molecule has 0 N–H and O–H groups in total. The standard InChI is InChI=1S/C76H46N8/c77-47-63-53(34-21-39-68(63)83-66-37-19-15-32-56(66)61-43-59-54-30-13-17-35-64(54)81(70(59)45-72(61)83)51-26-9-3-10-27-51)50-40-41-58(76-79-74(48-22-5-1-6-23-48)78-75(80-76)49-24-7-2-8-25-49)69(42-50)84-67-38-20-16-33-57(67)62-44-60-55-31-14-18-36-65(55)82(71(60)46-73(62)84)52-28-11-4-12-29-52/h1-46H. The second kappa shape index (κ2) is 18.7. The predicted octanol–water partition coefficient (Wildman–Crippen LogP) is 18.8. The van der Waals surface area contributed by atoms with Gasteiger partial charge in [-0.1, -0.05) is 188 Å². The van der Waals surface area contributed by atoms with Crippen molar-refractivity contribution >= 4 is 87.2 Å². The van der Waals surface area contributed by atoms with Crippen molar-refractivity contribution < 1.29 is 0 Å². The van der Waals surface area contributed by atoms with Gasteiger partial charge in [-0.15, -0.1) is 0 Å². The van der Waals surface area contributed by atoms with Gasteiger partial charge < -0.3 is 18.3 Å². The van der Waals surface area contributed by atoms with Gasteiger partial charge in [0.05, 0.1) is 61.1 Å². The fourth-order valence-electron chi connectivity index (χ4n) is 13.2. The molecule has 0 aliphatic rings. The van der Waals surface area contributed by atoms with E-state index in [0.717, 1.165) is 116 Å². The number of nitrogens with zero attached hydrogens (tertiary/aromatic N) is 8. The molecule has 0 spiro atoms. The summed E-state index contributed by atoms with van der Waals surface area (Å²) in [6.45, 7) is 0. The third-order valence-electron chi connectivity index (χ3n) is 16.8. The van der Waals surface area contributed by atoms with Crippen LogP contribution in [0, 0.1) is 11.3 Å². The summed E-state index contributed by atoms with van der Waals surface area (Å²) in [5.41, 5.74) is 17.1. The number of hydrogen-bond acceptors (Lipinski definition) is 4. The molecule has 0 aliphatic carbocycles. The third kappa shape index (κ3) is 7.16. The summed E-state index contributed by atoms with van der Waals surface area (Å²) in [5.74, 6) is 1.66. The van der Waals surface area contributed by atoms with E-state index >= 15 is 0 Å². The van der Waals surface area contributed by atoms with Crippen LogP contribution in [0.15, 0.2) is 279 Å². The molecule has 5 heterocycles. The van der Waals surface area contributed by atoms with Crippen LogP contribution in [0.1, 0.15) is 5.56 Å². The molecule has 0 amide bonds. The lowest BCUT2D eigenvalue weighted by molar-refractivity contribution is 1.06. The van der Waals surface area contributed by atoms with Crippen LogP contribution in [0.25, 0.3) is 155 Å². The highest BCUT2D eigenvalue weighted by atomic mass is 15.1. The van der Waals surface area contributed by atoms with Crippen LogP contribution in [-0.2, 0) is 0 Å². The first-order valence-electron chi connectivity index (χ1n) is 28.2. The Morgan fingerprint density at radius 3 is 1.08 bits per heavy atom. The lowest BCUT2D eigenvalue weighted by Crippen LogP contribution is -2.04. The summed E-state index contributed by atoms with van der Waals surface area (Å²) in [6, 6.07) is 101. The molecule has 0 saturated heterocycles. The first-order chi connectivity index (χ1) is 41.6. The van der Waals surface area contributed by atoms with Crippen LogP contribution in [0.4, 0.5) is 0 Å². The van der Waals surface area contributed by atoms with Crippen LogP contribution in [0.3, 0.4) is 0 Å². The Morgan fingerprint density at radius 2 is 0.631 bits per heavy atom. The van der Waals surface area contributed by atoms with Gasteiger partial charge >= 0.3 is 0 Å². The SMILES string of the molecule is N#Cc1c(-c2ccc(-c3nc(-c4ccccc4)nc(-c4ccccc4)n3)c(-n3c4ccccc4c4cc5c6ccccc6n(-c6ccccc6)c5cc43)c2)cccc1-n1c2ccccc2c2cc3c4ccccc4n(-c4ccccc4)c3cc21. The number of benzene rings is 12. The summed E-state index contributed by atoms with van der Waals surface area (Å²) in [7, 11) is 0. The van der Waals surface area contributed by atoms with E-state index in [1.165, 1.54) is 21.5 Å². The van der Waals surface area contributed by atoms with Gasteiger partial charge in [0.25, 0.3) is 0 Å². The monoisotopic (exact) mass is 1070 g/mol. The van der Waals surface area contributed by atoms with Crippen LogP contribution >= 0.6 is 0 Å². The largest absolute Gasteiger partial charge is 0.309 e. The van der Waals surface area contributed by atoms with E-state index in [1.54, 1.807) is 0 Å². The number of hydrogen-bond donors (Lipinski definition) is 0. The number of para-hydroxylation sites is 6. The lowest BCUT2D eigenvalue weighted by Gasteiger charge is -2.18. The summed E-state index contributed by atoms with van der Waals surface area (Å²) in [4.78, 5) is 15.9. The van der Waals surface area contributed by atoms with Crippen molar-refractivity contribution in [2.45, 2.75) is 0 Å². The minimum absolute atomic E-state index is 0.522. The average molecular weight is 1070 g/mol. The Labute approximate surface area is 481 Å². The number of aromatic nitrogens is 7. The van der Waals surface area contributed by atoms with Crippen molar-refractivity contribution in [2.75, 3.05) is 0 Å². The Hall–Kier alpha value is -11.7. The molecular weight excluding hydrogens is 1020 g/mol. The van der Waals surface area contributed by atoms with Crippen LogP contribution in [0.2, 0.25) is 0 Å². The number of rotatable bonds is 8. The highest BCUT2D eigenvalue weighted by Crippen LogP contribution is 2.45. The molecule has 390 valence electrons. The van der Waals surface area contributed by atoms with Crippen molar-refractivity contribution in [3.63, 3.8) is 0 Å². The Balaban J connectivity index is 0.951. The molecule has 0 unspecified atom stereocenters. The summed E-state index contributed by atoms with van der Waals surface area (Å²) >= 11 is 0. The van der Waals surface area contributed by atoms with Crippen molar-refractivity contribution in [3.8, 4) is 74.1 Å². The van der Waals surface area contributed by atoms with Crippen LogP contribution < -0.4 is 0 Å². The van der Waals surface area contributed by atoms with E-state index in [2.05, 4.69) is 243 Å². The topological polar surface area (TPSA) is 82.2 Å². The second-order valence-corrected chi connectivity index (χ2v) is 21.4. The first-order valence-corrected chi connectivity index (χ1v) is 28.2. The normalized spacial score (nSPS) is 11.8. The van der Waals surface area contributed by atoms with Gasteiger partial charge in [0, 0.05) is 76.7 Å². The molecule has 0 bridgehead atoms. The van der Waals surface area contributed by atoms with E-state index in [9.17, 15) is 5.26 Å². The maximum absolute atomic E-state index is 11.8. The maximum Gasteiger partial charge on any atom is 0.166 e. The van der Waals surface area contributed by atoms with Gasteiger partial charge in [0.1, 0.15) is 6.07 Å². The third-order valence-corrected chi connectivity index (χ3v) is 16.8. The smallest absolute Gasteiger partial charge is 0.166 e. The van der Waals surface area contributed by atoms with Gasteiger partial charge in [0.15, 0.2) is 17.5 Å². The highest BCUT2D eigenvalue weighted by molar-refractivity contribution is 6.21. The molecule has 5 aromatic heterocycles. The highest BCUT2D eigenvalue weighted by Gasteiger charge is 2.25. The summed E-state index contributed by atoms with van der Waals surface area (Å²) < 4.78 is 9.40. The van der Waals surface area contributed by atoms with Crippen LogP contribution in [-0.4, -0.2) is 33.2 Å². The average Bonchev–Trinajstić information content (AvgIpc) is 2.05. The van der Waals surface area contributed by atoms with E-state index < -0.39 is 0 Å². The fraction of sp³-hybridized carbons (Fsp3) is 0. The molecule has 12 aromatic carbocycles. The van der Waals surface area contributed by atoms with E-state index in [-0.39, 0.29) is 0 Å². The molecular formula is C76H46N8. The van der Waals surface area contributed by atoms with Gasteiger partial charge in [-0.25, -0.2) is 15.0 Å². The van der Waals surface area contributed by atoms with Crippen LogP contribution in [0.5, 0.6) is 0 Å². The number of nitriles is 1. The Kier molecular flexibility index (Phi) is 10.5. The Morgan fingerprint density at radius 1 is 0.250 bits per heavy atom. The number of fused-ring (bicyclic) bond motifs is 12. The predicted molar refractivity (Wildman–Crippen MR) is 344 cm³/mol. The van der Waals surface area contributed by atoms with Crippen molar-refractivity contribution in [3.05, 3.63) is 285 Å². The minimum atomic E-state index is 0.522. The molecule has 8 nitrogen and oxygen atoms in total. The summed E-state index contributed by atoms with van der Waals surface area (Å²) in [6.07, 6.45) is 0. The van der Waals surface area contributed by atoms with Gasteiger partial charge in [0.2, 0.25) is 0 Å². The van der Waals surface area contributed by atoms with Gasteiger partial charge in [-0.05, 0) is 96.6 Å². The quantitative estimate of drug-likeness (QED) is 0.152. The zero-order chi connectivity index (χ0) is 55.4. The van der Waals surface area contributed by atoms with Crippen molar-refractivity contribution in [1.82, 2.24) is 33.2 Å². The van der Waals surface area contributed by atoms with Crippen molar-refractivity contribution in [2.24, 2.45) is 0 Å². The van der Waals surface area contributed by atoms with E-state index in [4.69, 9.17) is 15.0 Å². The zero-order valence-corrected chi connectivity index (χ0v) is 45.1. The van der Waals surface area contributed by atoms with Crippen molar-refractivity contribution in [1.29, 1.82) is 5.26 Å². The molecule has 0 fully saturated rings. The van der Waals surface area contributed by atoms with Gasteiger partial charge in [-0.2, -0.15) is 5.26 Å². The summed E-state index contributed by atoms with van der Waals surface area (Å²) in [5, 5.41) is 20.9. The molecule has 8 heteroatoms. The Bertz CT molecular complexity index is 5490. The maximum atomic E-state index is 11.8. The molecule has 17 aromatic rings. The first kappa shape index (κ1) is 47.2. The molecule has 84 heavy (non-hydrogen) atoms. The molecule has 17 rings (SSSR count). The second-order valence-electron chi connectivity index (χ2n) is 21.4. The molecule has 0 saturated carbocycles. The van der Waals surface area contributed by atoms with Gasteiger partial charge in [-0.3, -0.25) is 0 Å². The molecule has 0 atom stereocenters. The molecule has 0 radical (unpaired) electrons. The minimum Gasteiger partial charge on any atom is -0.309 e. The fourth-order valence-corrected chi connectivity index (χ4v) is 13.2.